The molecule has 2 N–H and O–H groups in total. The Hall–Kier alpha value is -0.990. The second-order valence-electron chi connectivity index (χ2n) is 8.67. The minimum absolute atomic E-state index is 0.0737. The van der Waals surface area contributed by atoms with Crippen LogP contribution in [0.3, 0.4) is 0 Å². The predicted molar refractivity (Wildman–Crippen MR) is 132 cm³/mol. The van der Waals surface area contributed by atoms with Gasteiger partial charge in [-0.15, -0.1) is 0 Å². The van der Waals surface area contributed by atoms with Crippen molar-refractivity contribution in [3.05, 3.63) is 23.8 Å². The van der Waals surface area contributed by atoms with Crippen molar-refractivity contribution in [2.45, 2.75) is 70.8 Å². The van der Waals surface area contributed by atoms with Crippen molar-refractivity contribution in [1.82, 2.24) is 0 Å². The van der Waals surface area contributed by atoms with Crippen LogP contribution < -0.4 is 10.0 Å². The summed E-state index contributed by atoms with van der Waals surface area (Å²) in [5.41, 5.74) is 0.916. The van der Waals surface area contributed by atoms with Gasteiger partial charge in [0.2, 0.25) is 0 Å². The zero-order chi connectivity index (χ0) is 24.5. The van der Waals surface area contributed by atoms with Crippen LogP contribution in [0.2, 0.25) is 0 Å². The highest BCUT2D eigenvalue weighted by Crippen LogP contribution is 2.38. The number of rotatable bonds is 13. The molecule has 1 aliphatic heterocycles. The maximum atomic E-state index is 12.1. The first-order chi connectivity index (χ1) is 16.5. The summed E-state index contributed by atoms with van der Waals surface area (Å²) >= 11 is 0. The number of hydrogen-bond acceptors (Lipinski definition) is 6. The Balaban J connectivity index is 1.86. The van der Waals surface area contributed by atoms with Gasteiger partial charge in [-0.25, -0.2) is 0 Å². The molecular formula is C25H43O8P. The first-order valence-electron chi connectivity index (χ1n) is 12.7. The van der Waals surface area contributed by atoms with E-state index in [2.05, 4.69) is 6.92 Å². The highest BCUT2D eigenvalue weighted by Gasteiger charge is 2.24. The molecule has 1 fully saturated rings. The Morgan fingerprint density at radius 3 is 2.18 bits per heavy atom. The number of hydrogen-bond donors (Lipinski definition) is 2. The van der Waals surface area contributed by atoms with E-state index in [1.807, 2.05) is 6.07 Å². The van der Waals surface area contributed by atoms with Gasteiger partial charge in [0, 0.05) is 0 Å². The van der Waals surface area contributed by atoms with Crippen LogP contribution in [0.25, 0.3) is 0 Å². The summed E-state index contributed by atoms with van der Waals surface area (Å²) < 4.78 is 40.1. The first kappa shape index (κ1) is 29.2. The minimum Gasteiger partial charge on any atom is -0.490 e. The molecule has 0 bridgehead atoms. The lowest BCUT2D eigenvalue weighted by molar-refractivity contribution is -0.0773. The molecular weight excluding hydrogens is 459 g/mol. The number of aryl methyl sites for hydroxylation is 1. The Morgan fingerprint density at radius 1 is 0.882 bits per heavy atom. The SMILES string of the molecule is CCCCCCCCCCc1ccc(OCC2COCCOCCOCCO2)c(P(=O)(O)O)c1. The zero-order valence-electron chi connectivity index (χ0n) is 20.6. The fourth-order valence-corrected chi connectivity index (χ4v) is 4.55. The van der Waals surface area contributed by atoms with Crippen LogP contribution in [-0.2, 0) is 29.9 Å². The minimum atomic E-state index is -4.49. The third kappa shape index (κ3) is 12.6. The summed E-state index contributed by atoms with van der Waals surface area (Å²) in [4.78, 5) is 19.8. The quantitative estimate of drug-likeness (QED) is 0.308. The van der Waals surface area contributed by atoms with Crippen molar-refractivity contribution >= 4 is 12.9 Å². The van der Waals surface area contributed by atoms with E-state index in [-0.39, 0.29) is 23.8 Å². The molecule has 1 atom stereocenters. The first-order valence-corrected chi connectivity index (χ1v) is 14.3. The van der Waals surface area contributed by atoms with Gasteiger partial charge in [-0.05, 0) is 30.5 Å². The van der Waals surface area contributed by atoms with Gasteiger partial charge in [-0.3, -0.25) is 4.57 Å². The van der Waals surface area contributed by atoms with E-state index in [0.717, 1.165) is 24.8 Å². The molecule has 9 heteroatoms. The standard InChI is InChI=1S/C25H43O8P/c1-2-3-4-5-6-7-8-9-10-22-11-12-24(25(19-22)34(26,27)28)33-21-23-20-31-16-15-29-13-14-30-17-18-32-23/h11-12,19,23H,2-10,13-18,20-21H2,1H3,(H2,26,27,28). The topological polar surface area (TPSA) is 104 Å². The molecule has 1 aromatic carbocycles. The second kappa shape index (κ2) is 17.4. The summed E-state index contributed by atoms with van der Waals surface area (Å²) in [6, 6.07) is 5.13. The molecule has 1 saturated heterocycles. The molecule has 34 heavy (non-hydrogen) atoms. The molecule has 0 aromatic heterocycles. The van der Waals surface area contributed by atoms with Gasteiger partial charge in [-0.1, -0.05) is 57.9 Å². The van der Waals surface area contributed by atoms with Gasteiger partial charge in [0.05, 0.1) is 46.2 Å². The molecule has 2 rings (SSSR count). The van der Waals surface area contributed by atoms with Gasteiger partial charge in [0.1, 0.15) is 23.8 Å². The van der Waals surface area contributed by atoms with Crippen molar-refractivity contribution in [3.8, 4) is 5.75 Å². The summed E-state index contributed by atoms with van der Waals surface area (Å²) in [5.74, 6) is 0.183. The van der Waals surface area contributed by atoms with Gasteiger partial charge in [0.15, 0.2) is 0 Å². The number of unbranched alkanes of at least 4 members (excludes halogenated alkanes) is 7. The fraction of sp³-hybridized carbons (Fsp3) is 0.760. The molecule has 1 heterocycles. The van der Waals surface area contributed by atoms with Crippen molar-refractivity contribution in [2.24, 2.45) is 0 Å². The molecule has 0 radical (unpaired) electrons. The molecule has 0 saturated carbocycles. The molecule has 0 amide bonds. The summed E-state index contributed by atoms with van der Waals surface area (Å²) in [5, 5.41) is -0.0737. The average molecular weight is 503 g/mol. The molecule has 0 aliphatic carbocycles. The molecule has 196 valence electrons. The van der Waals surface area contributed by atoms with Gasteiger partial charge >= 0.3 is 7.60 Å². The predicted octanol–water partition coefficient (Wildman–Crippen LogP) is 4.00. The molecule has 1 unspecified atom stereocenters. The van der Waals surface area contributed by atoms with E-state index in [1.54, 1.807) is 12.1 Å². The number of benzene rings is 1. The highest BCUT2D eigenvalue weighted by atomic mass is 31.2. The van der Waals surface area contributed by atoms with Gasteiger partial charge < -0.3 is 33.5 Å². The lowest BCUT2D eigenvalue weighted by Crippen LogP contribution is -2.31. The molecule has 1 aliphatic rings. The molecule has 0 spiro atoms. The van der Waals surface area contributed by atoms with Crippen LogP contribution in [-0.4, -0.2) is 68.7 Å². The van der Waals surface area contributed by atoms with Crippen molar-refractivity contribution in [1.29, 1.82) is 0 Å². The van der Waals surface area contributed by atoms with Gasteiger partial charge in [-0.2, -0.15) is 0 Å². The Labute approximate surface area is 204 Å². The van der Waals surface area contributed by atoms with Crippen LogP contribution in [0.1, 0.15) is 63.9 Å². The fourth-order valence-electron chi connectivity index (χ4n) is 3.79. The maximum Gasteiger partial charge on any atom is 0.359 e. The van der Waals surface area contributed by atoms with Gasteiger partial charge in [0.25, 0.3) is 0 Å². The van der Waals surface area contributed by atoms with E-state index in [9.17, 15) is 14.4 Å². The Morgan fingerprint density at radius 2 is 1.50 bits per heavy atom. The van der Waals surface area contributed by atoms with Crippen LogP contribution in [0.4, 0.5) is 0 Å². The summed E-state index contributed by atoms with van der Waals surface area (Å²) in [6.45, 7) is 5.37. The smallest absolute Gasteiger partial charge is 0.359 e. The van der Waals surface area contributed by atoms with E-state index >= 15 is 0 Å². The van der Waals surface area contributed by atoms with Crippen LogP contribution in [0.15, 0.2) is 18.2 Å². The van der Waals surface area contributed by atoms with E-state index in [1.165, 1.54) is 38.5 Å². The Bertz CT molecular complexity index is 696. The summed E-state index contributed by atoms with van der Waals surface area (Å²) in [7, 11) is -4.49. The average Bonchev–Trinajstić information content (AvgIpc) is 2.80. The van der Waals surface area contributed by atoms with E-state index in [4.69, 9.17) is 23.7 Å². The summed E-state index contributed by atoms with van der Waals surface area (Å²) in [6.07, 6.45) is 10.2. The lowest BCUT2D eigenvalue weighted by atomic mass is 10.0. The molecule has 8 nitrogen and oxygen atoms in total. The largest absolute Gasteiger partial charge is 0.490 e. The maximum absolute atomic E-state index is 12.1. The normalized spacial score (nSPS) is 18.7. The third-order valence-corrected chi connectivity index (χ3v) is 6.69. The van der Waals surface area contributed by atoms with Crippen molar-refractivity contribution in [2.75, 3.05) is 52.9 Å². The van der Waals surface area contributed by atoms with Crippen LogP contribution in [0.5, 0.6) is 5.75 Å². The van der Waals surface area contributed by atoms with E-state index in [0.29, 0.717) is 46.2 Å². The van der Waals surface area contributed by atoms with Crippen LogP contribution in [0, 0.1) is 0 Å². The lowest BCUT2D eigenvalue weighted by Gasteiger charge is -2.21. The van der Waals surface area contributed by atoms with E-state index < -0.39 is 7.60 Å². The Kier molecular flexibility index (Phi) is 15.0. The zero-order valence-corrected chi connectivity index (χ0v) is 21.5. The monoisotopic (exact) mass is 502 g/mol. The third-order valence-electron chi connectivity index (χ3n) is 5.71. The van der Waals surface area contributed by atoms with Crippen molar-refractivity contribution in [3.63, 3.8) is 0 Å². The number of ether oxygens (including phenoxy) is 5. The second-order valence-corrected chi connectivity index (χ2v) is 10.2. The van der Waals surface area contributed by atoms with Crippen molar-refractivity contribution < 1.29 is 38.0 Å². The highest BCUT2D eigenvalue weighted by molar-refractivity contribution is 7.60. The molecule has 1 aromatic rings. The van der Waals surface area contributed by atoms with Crippen LogP contribution >= 0.6 is 7.60 Å².